The van der Waals surface area contributed by atoms with E-state index in [9.17, 15) is 0 Å². The minimum absolute atomic E-state index is 0.0764. The number of rotatable bonds is 7. The molecule has 0 heteroatoms. The molecule has 286 valence electrons. The van der Waals surface area contributed by atoms with Crippen LogP contribution in [0.2, 0.25) is 0 Å². The quantitative estimate of drug-likeness (QED) is 0.112. The highest BCUT2D eigenvalue weighted by atomic mass is 14.4. The van der Waals surface area contributed by atoms with E-state index in [-0.39, 0.29) is 10.8 Å². The molecular formula is C58H54. The van der Waals surface area contributed by atoms with Crippen molar-refractivity contribution in [1.82, 2.24) is 0 Å². The third-order valence-electron chi connectivity index (χ3n) is 13.0. The van der Waals surface area contributed by atoms with Crippen LogP contribution in [0.25, 0.3) is 66.1 Å². The average Bonchev–Trinajstić information content (AvgIpc) is 3.46. The van der Waals surface area contributed by atoms with Crippen LogP contribution >= 0.6 is 0 Å². The van der Waals surface area contributed by atoms with Crippen LogP contribution in [0.1, 0.15) is 94.7 Å². The Bertz CT molecular complexity index is 2860. The monoisotopic (exact) mass is 750 g/mol. The van der Waals surface area contributed by atoms with Gasteiger partial charge in [-0.05, 0) is 150 Å². The molecule has 0 unspecified atom stereocenters. The van der Waals surface area contributed by atoms with Gasteiger partial charge in [0.2, 0.25) is 0 Å². The van der Waals surface area contributed by atoms with Crippen LogP contribution in [-0.2, 0) is 17.3 Å². The third kappa shape index (κ3) is 6.40. The Morgan fingerprint density at radius 3 is 2.05 bits per heavy atom. The van der Waals surface area contributed by atoms with E-state index in [1.165, 1.54) is 105 Å². The number of allylic oxidation sites excluding steroid dienone is 8. The summed E-state index contributed by atoms with van der Waals surface area (Å²) in [7, 11) is 0. The predicted octanol–water partition coefficient (Wildman–Crippen LogP) is 16.3. The highest BCUT2D eigenvalue weighted by Gasteiger charge is 2.35. The van der Waals surface area contributed by atoms with E-state index >= 15 is 0 Å². The molecule has 0 spiro atoms. The minimum atomic E-state index is -0.0764. The SMILES string of the molecule is C/C=C\C(=C/CC)c1ccc(-c2ccc3c(-c4ccc5c(c4)C(C)(C)c4ccccc4-5)c4ccccc4c(/C(C)=C/C=C4/Cc5ccccc5C(C)(C)C4)c3c2)cc1. The van der Waals surface area contributed by atoms with Crippen LogP contribution < -0.4 is 0 Å². The van der Waals surface area contributed by atoms with Crippen molar-refractivity contribution in [2.75, 3.05) is 0 Å². The van der Waals surface area contributed by atoms with Crippen molar-refractivity contribution in [3.8, 4) is 33.4 Å². The van der Waals surface area contributed by atoms with Gasteiger partial charge in [0.15, 0.2) is 0 Å². The zero-order chi connectivity index (χ0) is 40.2. The number of benzene rings is 7. The van der Waals surface area contributed by atoms with Crippen molar-refractivity contribution in [2.45, 2.75) is 78.6 Å². The zero-order valence-electron chi connectivity index (χ0n) is 35.2. The van der Waals surface area contributed by atoms with Gasteiger partial charge in [0.05, 0.1) is 0 Å². The molecule has 0 saturated carbocycles. The van der Waals surface area contributed by atoms with Crippen molar-refractivity contribution in [1.29, 1.82) is 0 Å². The van der Waals surface area contributed by atoms with E-state index in [0.717, 1.165) is 19.3 Å². The molecule has 2 aliphatic rings. The highest BCUT2D eigenvalue weighted by Crippen LogP contribution is 2.51. The van der Waals surface area contributed by atoms with Gasteiger partial charge >= 0.3 is 0 Å². The summed E-state index contributed by atoms with van der Waals surface area (Å²) >= 11 is 0. The van der Waals surface area contributed by atoms with E-state index in [2.05, 4.69) is 212 Å². The summed E-state index contributed by atoms with van der Waals surface area (Å²) in [6.45, 7) is 16.2. The van der Waals surface area contributed by atoms with Crippen molar-refractivity contribution >= 4 is 32.7 Å². The van der Waals surface area contributed by atoms with Crippen molar-refractivity contribution in [3.05, 3.63) is 203 Å². The van der Waals surface area contributed by atoms with Crippen molar-refractivity contribution in [2.24, 2.45) is 0 Å². The lowest BCUT2D eigenvalue weighted by atomic mass is 9.70. The Morgan fingerprint density at radius 1 is 0.621 bits per heavy atom. The largest absolute Gasteiger partial charge is 0.0871 e. The van der Waals surface area contributed by atoms with E-state index in [4.69, 9.17) is 0 Å². The van der Waals surface area contributed by atoms with Gasteiger partial charge in [0.1, 0.15) is 0 Å². The van der Waals surface area contributed by atoms with Crippen molar-refractivity contribution in [3.63, 3.8) is 0 Å². The Hall–Kier alpha value is -5.98. The molecule has 58 heavy (non-hydrogen) atoms. The normalized spacial score (nSPS) is 16.6. The van der Waals surface area contributed by atoms with E-state index in [0.29, 0.717) is 0 Å². The lowest BCUT2D eigenvalue weighted by Crippen LogP contribution is -2.25. The van der Waals surface area contributed by atoms with Gasteiger partial charge in [-0.2, -0.15) is 0 Å². The molecule has 7 aromatic rings. The van der Waals surface area contributed by atoms with E-state index in [1.54, 1.807) is 0 Å². The summed E-state index contributed by atoms with van der Waals surface area (Å²) in [6, 6.07) is 50.6. The van der Waals surface area contributed by atoms with Gasteiger partial charge < -0.3 is 0 Å². The Kier molecular flexibility index (Phi) is 9.56. The third-order valence-corrected chi connectivity index (χ3v) is 13.0. The molecule has 0 aromatic heterocycles. The lowest BCUT2D eigenvalue weighted by Gasteiger charge is -2.34. The molecule has 0 aliphatic heterocycles. The second-order valence-corrected chi connectivity index (χ2v) is 17.7. The number of hydrogen-bond acceptors (Lipinski definition) is 0. The van der Waals surface area contributed by atoms with Gasteiger partial charge in [-0.25, -0.2) is 0 Å². The molecule has 0 nitrogen and oxygen atoms in total. The van der Waals surface area contributed by atoms with Gasteiger partial charge in [0, 0.05) is 5.41 Å². The van der Waals surface area contributed by atoms with Gasteiger partial charge in [0.25, 0.3) is 0 Å². The standard InChI is InChI=1S/C58H54/c1-8-16-40(17-9-2)41-26-28-42(29-27-41)43-30-33-50-51(35-43)55(38(3)24-25-39-34-44-18-10-14-22-52(44)57(4,5)37-39)48-20-11-12-21-49(48)56(50)45-31-32-47-46-19-13-15-23-53(46)58(6,7)54(47)36-45/h8,10-33,35-36H,9,34,37H2,1-7H3/b16-8-,38-24+,39-25-,40-17+. The van der Waals surface area contributed by atoms with Gasteiger partial charge in [-0.3, -0.25) is 0 Å². The fourth-order valence-electron chi connectivity index (χ4n) is 10.2. The second kappa shape index (κ2) is 14.8. The predicted molar refractivity (Wildman–Crippen MR) is 252 cm³/mol. The van der Waals surface area contributed by atoms with Crippen LogP contribution in [0.5, 0.6) is 0 Å². The molecule has 0 radical (unpaired) electrons. The summed E-state index contributed by atoms with van der Waals surface area (Å²) in [6.07, 6.45) is 14.6. The fourth-order valence-corrected chi connectivity index (χ4v) is 10.2. The van der Waals surface area contributed by atoms with Crippen LogP contribution in [0.3, 0.4) is 0 Å². The van der Waals surface area contributed by atoms with Crippen LogP contribution in [-0.4, -0.2) is 0 Å². The molecular weight excluding hydrogens is 697 g/mol. The first kappa shape index (κ1) is 37.6. The van der Waals surface area contributed by atoms with Crippen LogP contribution in [0.15, 0.2) is 169 Å². The van der Waals surface area contributed by atoms with E-state index < -0.39 is 0 Å². The van der Waals surface area contributed by atoms with E-state index in [1.807, 2.05) is 0 Å². The average molecular weight is 751 g/mol. The zero-order valence-corrected chi connectivity index (χ0v) is 35.2. The first-order valence-electron chi connectivity index (χ1n) is 21.2. The molecule has 7 aromatic carbocycles. The van der Waals surface area contributed by atoms with Gasteiger partial charge in [-0.15, -0.1) is 0 Å². The summed E-state index contributed by atoms with van der Waals surface area (Å²) in [5.74, 6) is 0. The molecule has 9 rings (SSSR count). The molecule has 0 bridgehead atoms. The highest BCUT2D eigenvalue weighted by molar-refractivity contribution is 6.19. The molecule has 0 heterocycles. The molecule has 0 atom stereocenters. The second-order valence-electron chi connectivity index (χ2n) is 17.7. The Balaban J connectivity index is 1.25. The Labute approximate surface area is 346 Å². The van der Waals surface area contributed by atoms with Crippen LogP contribution in [0.4, 0.5) is 0 Å². The first-order chi connectivity index (χ1) is 28.1. The molecule has 0 amide bonds. The molecule has 2 aliphatic carbocycles. The Morgan fingerprint density at radius 2 is 1.28 bits per heavy atom. The molecule has 0 fully saturated rings. The number of fused-ring (bicyclic) bond motifs is 6. The molecule has 0 N–H and O–H groups in total. The van der Waals surface area contributed by atoms with Crippen LogP contribution in [0, 0.1) is 0 Å². The summed E-state index contributed by atoms with van der Waals surface area (Å²) < 4.78 is 0. The first-order valence-corrected chi connectivity index (χ1v) is 21.2. The summed E-state index contributed by atoms with van der Waals surface area (Å²) in [5.41, 5.74) is 20.2. The topological polar surface area (TPSA) is 0 Å². The van der Waals surface area contributed by atoms with Crippen molar-refractivity contribution < 1.29 is 0 Å². The number of hydrogen-bond donors (Lipinski definition) is 0. The minimum Gasteiger partial charge on any atom is -0.0871 e. The maximum Gasteiger partial charge on any atom is 0.0159 e. The molecule has 0 saturated heterocycles. The maximum atomic E-state index is 2.49. The lowest BCUT2D eigenvalue weighted by molar-refractivity contribution is 0.491. The fraction of sp³-hybridized carbons (Fsp3) is 0.207. The smallest absolute Gasteiger partial charge is 0.0159 e. The summed E-state index contributed by atoms with van der Waals surface area (Å²) in [4.78, 5) is 0. The van der Waals surface area contributed by atoms with Gasteiger partial charge in [-0.1, -0.05) is 192 Å². The maximum absolute atomic E-state index is 2.49. The summed E-state index contributed by atoms with van der Waals surface area (Å²) in [5, 5.41) is 5.17.